The van der Waals surface area contributed by atoms with Gasteiger partial charge in [-0.3, -0.25) is 4.90 Å². The third-order valence-electron chi connectivity index (χ3n) is 3.98. The number of likely N-dealkylation sites (tertiary alicyclic amines) is 1. The molecule has 1 heterocycles. The molecular weight excluding hydrogens is 264 g/mol. The van der Waals surface area contributed by atoms with Crippen molar-refractivity contribution < 1.29 is 18.6 Å². The normalized spacial score (nSPS) is 25.1. The molecule has 3 unspecified atom stereocenters. The summed E-state index contributed by atoms with van der Waals surface area (Å²) in [6.07, 6.45) is -0.604. The summed E-state index contributed by atoms with van der Waals surface area (Å²) in [5.41, 5.74) is 0.721. The van der Waals surface area contributed by atoms with Crippen LogP contribution < -0.4 is 4.74 Å². The summed E-state index contributed by atoms with van der Waals surface area (Å²) in [4.78, 5) is 2.24. The standard InChI is InChI=1S/C15H21F2NO2/c1-10-7-18(8-11(10)2)9-14(19)12-3-5-13(6-4-12)20-15(16)17/h3-6,10-11,14-15,19H,7-9H2,1-2H3. The van der Waals surface area contributed by atoms with Crippen molar-refractivity contribution in [1.29, 1.82) is 0 Å². The molecule has 112 valence electrons. The fraction of sp³-hybridized carbons (Fsp3) is 0.600. The van der Waals surface area contributed by atoms with E-state index in [1.54, 1.807) is 12.1 Å². The van der Waals surface area contributed by atoms with Gasteiger partial charge in [-0.1, -0.05) is 26.0 Å². The van der Waals surface area contributed by atoms with Crippen LogP contribution in [0, 0.1) is 11.8 Å². The van der Waals surface area contributed by atoms with Crippen molar-refractivity contribution in [2.24, 2.45) is 11.8 Å². The Morgan fingerprint density at radius 3 is 2.25 bits per heavy atom. The van der Waals surface area contributed by atoms with Crippen molar-refractivity contribution in [3.63, 3.8) is 0 Å². The van der Waals surface area contributed by atoms with Crippen molar-refractivity contribution in [1.82, 2.24) is 4.90 Å². The molecule has 0 spiro atoms. The number of rotatable bonds is 5. The maximum atomic E-state index is 12.0. The molecular formula is C15H21F2NO2. The Bertz CT molecular complexity index is 414. The van der Waals surface area contributed by atoms with Crippen molar-refractivity contribution >= 4 is 0 Å². The van der Waals surface area contributed by atoms with Crippen LogP contribution in [0.2, 0.25) is 0 Å². The molecule has 20 heavy (non-hydrogen) atoms. The van der Waals surface area contributed by atoms with Gasteiger partial charge < -0.3 is 9.84 Å². The molecule has 1 N–H and O–H groups in total. The molecule has 0 bridgehead atoms. The van der Waals surface area contributed by atoms with E-state index in [0.717, 1.165) is 18.7 Å². The van der Waals surface area contributed by atoms with Gasteiger partial charge in [0.05, 0.1) is 6.10 Å². The SMILES string of the molecule is CC1CN(CC(O)c2ccc(OC(F)F)cc2)CC1C. The highest BCUT2D eigenvalue weighted by atomic mass is 19.3. The highest BCUT2D eigenvalue weighted by Gasteiger charge is 2.27. The van der Waals surface area contributed by atoms with E-state index in [-0.39, 0.29) is 5.75 Å². The van der Waals surface area contributed by atoms with E-state index in [9.17, 15) is 13.9 Å². The van der Waals surface area contributed by atoms with Gasteiger partial charge in [-0.05, 0) is 29.5 Å². The number of alkyl halides is 2. The predicted molar refractivity (Wildman–Crippen MR) is 72.8 cm³/mol. The molecule has 1 aromatic rings. The number of hydrogen-bond donors (Lipinski definition) is 1. The Labute approximate surface area is 118 Å². The quantitative estimate of drug-likeness (QED) is 0.903. The Hall–Kier alpha value is -1.20. The van der Waals surface area contributed by atoms with Crippen LogP contribution in [0.15, 0.2) is 24.3 Å². The lowest BCUT2D eigenvalue weighted by Crippen LogP contribution is -2.26. The number of aliphatic hydroxyl groups excluding tert-OH is 1. The largest absolute Gasteiger partial charge is 0.435 e. The van der Waals surface area contributed by atoms with E-state index in [1.807, 2.05) is 0 Å². The van der Waals surface area contributed by atoms with Gasteiger partial charge in [0, 0.05) is 19.6 Å². The monoisotopic (exact) mass is 285 g/mol. The Kier molecular flexibility index (Phi) is 4.94. The number of nitrogens with zero attached hydrogens (tertiary/aromatic N) is 1. The van der Waals surface area contributed by atoms with Gasteiger partial charge in [0.1, 0.15) is 5.75 Å². The molecule has 5 heteroatoms. The number of halogens is 2. The summed E-state index contributed by atoms with van der Waals surface area (Å²) in [7, 11) is 0. The topological polar surface area (TPSA) is 32.7 Å². The Morgan fingerprint density at radius 2 is 1.75 bits per heavy atom. The summed E-state index contributed by atoms with van der Waals surface area (Å²) in [5, 5.41) is 10.2. The summed E-state index contributed by atoms with van der Waals surface area (Å²) in [6, 6.07) is 6.18. The number of benzene rings is 1. The zero-order chi connectivity index (χ0) is 14.7. The van der Waals surface area contributed by atoms with Crippen LogP contribution in [0.5, 0.6) is 5.75 Å². The molecule has 0 aromatic heterocycles. The fourth-order valence-corrected chi connectivity index (χ4v) is 2.62. The maximum Gasteiger partial charge on any atom is 0.387 e. The van der Waals surface area contributed by atoms with Crippen LogP contribution >= 0.6 is 0 Å². The third-order valence-corrected chi connectivity index (χ3v) is 3.98. The minimum absolute atomic E-state index is 0.111. The molecule has 1 aliphatic heterocycles. The number of hydrogen-bond acceptors (Lipinski definition) is 3. The number of aliphatic hydroxyl groups is 1. The van der Waals surface area contributed by atoms with Gasteiger partial charge >= 0.3 is 6.61 Å². The Morgan fingerprint density at radius 1 is 1.20 bits per heavy atom. The second kappa shape index (κ2) is 6.50. The molecule has 1 aliphatic rings. The minimum atomic E-state index is -2.82. The lowest BCUT2D eigenvalue weighted by Gasteiger charge is -2.20. The van der Waals surface area contributed by atoms with Crippen LogP contribution in [-0.2, 0) is 0 Å². The fourth-order valence-electron chi connectivity index (χ4n) is 2.62. The molecule has 1 aromatic carbocycles. The van der Waals surface area contributed by atoms with E-state index in [0.29, 0.717) is 18.4 Å². The number of ether oxygens (including phenoxy) is 1. The first-order valence-electron chi connectivity index (χ1n) is 6.91. The zero-order valence-electron chi connectivity index (χ0n) is 11.8. The van der Waals surface area contributed by atoms with E-state index in [1.165, 1.54) is 12.1 Å². The molecule has 0 amide bonds. The molecule has 0 aliphatic carbocycles. The molecule has 2 rings (SSSR count). The molecule has 1 saturated heterocycles. The van der Waals surface area contributed by atoms with E-state index in [4.69, 9.17) is 0 Å². The van der Waals surface area contributed by atoms with Gasteiger partial charge in [-0.25, -0.2) is 0 Å². The predicted octanol–water partition coefficient (Wildman–Crippen LogP) is 2.91. The Balaban J connectivity index is 1.91. The van der Waals surface area contributed by atoms with Crippen LogP contribution in [0.4, 0.5) is 8.78 Å². The molecule has 1 fully saturated rings. The number of β-amino-alcohol motifs (C(OH)–C–C–N with tert-alkyl or cyclic N) is 1. The highest BCUT2D eigenvalue weighted by Crippen LogP contribution is 2.25. The van der Waals surface area contributed by atoms with Crippen molar-refractivity contribution in [2.45, 2.75) is 26.6 Å². The lowest BCUT2D eigenvalue weighted by atomic mass is 10.0. The van der Waals surface area contributed by atoms with Gasteiger partial charge in [-0.2, -0.15) is 8.78 Å². The van der Waals surface area contributed by atoms with Crippen LogP contribution in [0.25, 0.3) is 0 Å². The molecule has 0 radical (unpaired) electrons. The second-order valence-electron chi connectivity index (χ2n) is 5.64. The summed E-state index contributed by atoms with van der Waals surface area (Å²) in [5.74, 6) is 1.40. The lowest BCUT2D eigenvalue weighted by molar-refractivity contribution is -0.0498. The van der Waals surface area contributed by atoms with Gasteiger partial charge in [-0.15, -0.1) is 0 Å². The zero-order valence-corrected chi connectivity index (χ0v) is 11.8. The first-order chi connectivity index (χ1) is 9.45. The first-order valence-corrected chi connectivity index (χ1v) is 6.91. The van der Waals surface area contributed by atoms with Crippen LogP contribution in [0.1, 0.15) is 25.5 Å². The molecule has 3 nitrogen and oxygen atoms in total. The highest BCUT2D eigenvalue weighted by molar-refractivity contribution is 5.28. The van der Waals surface area contributed by atoms with Crippen molar-refractivity contribution in [3.8, 4) is 5.75 Å². The van der Waals surface area contributed by atoms with Crippen molar-refractivity contribution in [3.05, 3.63) is 29.8 Å². The molecule has 0 saturated carbocycles. The second-order valence-corrected chi connectivity index (χ2v) is 5.64. The van der Waals surface area contributed by atoms with Gasteiger partial charge in [0.15, 0.2) is 0 Å². The summed E-state index contributed by atoms with van der Waals surface area (Å²) < 4.78 is 28.4. The van der Waals surface area contributed by atoms with E-state index < -0.39 is 12.7 Å². The van der Waals surface area contributed by atoms with Crippen molar-refractivity contribution in [2.75, 3.05) is 19.6 Å². The van der Waals surface area contributed by atoms with Gasteiger partial charge in [0.2, 0.25) is 0 Å². The van der Waals surface area contributed by atoms with Crippen LogP contribution in [-0.4, -0.2) is 36.3 Å². The average Bonchev–Trinajstić information content (AvgIpc) is 2.68. The molecule has 3 atom stereocenters. The smallest absolute Gasteiger partial charge is 0.387 e. The first kappa shape index (κ1) is 15.2. The van der Waals surface area contributed by atoms with E-state index >= 15 is 0 Å². The van der Waals surface area contributed by atoms with Gasteiger partial charge in [0.25, 0.3) is 0 Å². The summed E-state index contributed by atoms with van der Waals surface area (Å²) in [6.45, 7) is 4.17. The maximum absolute atomic E-state index is 12.0. The average molecular weight is 285 g/mol. The summed E-state index contributed by atoms with van der Waals surface area (Å²) >= 11 is 0. The minimum Gasteiger partial charge on any atom is -0.435 e. The van der Waals surface area contributed by atoms with E-state index in [2.05, 4.69) is 23.5 Å². The van der Waals surface area contributed by atoms with Crippen LogP contribution in [0.3, 0.4) is 0 Å². The third kappa shape index (κ3) is 3.90.